The van der Waals surface area contributed by atoms with Gasteiger partial charge in [-0.15, -0.1) is 0 Å². The second kappa shape index (κ2) is 6.21. The first-order valence-corrected chi connectivity index (χ1v) is 6.89. The molecule has 2 rings (SSSR count). The number of nitrogens with two attached hydrogens (primary N) is 1. The summed E-state index contributed by atoms with van der Waals surface area (Å²) in [6, 6.07) is 8.99. The Hall–Kier alpha value is -1.06. The minimum atomic E-state index is 0.0891. The molecule has 0 heterocycles. The van der Waals surface area contributed by atoms with Gasteiger partial charge in [0.15, 0.2) is 0 Å². The molecule has 0 saturated heterocycles. The lowest BCUT2D eigenvalue weighted by molar-refractivity contribution is 0.152. The quantitative estimate of drug-likeness (QED) is 0.841. The number of hydrogen-bond donors (Lipinski definition) is 1. The molecule has 1 saturated carbocycles. The summed E-state index contributed by atoms with van der Waals surface area (Å²) in [4.78, 5) is 2.39. The fourth-order valence-electron chi connectivity index (χ4n) is 2.37. The lowest BCUT2D eigenvalue weighted by Crippen LogP contribution is -2.41. The van der Waals surface area contributed by atoms with Gasteiger partial charge in [0.2, 0.25) is 0 Å². The third kappa shape index (κ3) is 3.24. The predicted octanol–water partition coefficient (Wildman–Crippen LogP) is 2.57. The van der Waals surface area contributed by atoms with Crippen molar-refractivity contribution in [1.82, 2.24) is 4.90 Å². The molecule has 1 aromatic rings. The molecule has 0 spiro atoms. The summed E-state index contributed by atoms with van der Waals surface area (Å²) < 4.78 is 5.44. The van der Waals surface area contributed by atoms with E-state index in [-0.39, 0.29) is 6.04 Å². The van der Waals surface area contributed by atoms with Gasteiger partial charge in [0.25, 0.3) is 0 Å². The average molecular weight is 248 g/mol. The molecule has 1 aliphatic rings. The standard InChI is InChI=1S/C15H24N2O/c1-3-18-14-9-7-12(8-10-14)15(16)11-17(2)13-5-4-6-13/h7-10,13,15H,3-6,11,16H2,1-2H3. The maximum Gasteiger partial charge on any atom is 0.119 e. The van der Waals surface area contributed by atoms with Gasteiger partial charge >= 0.3 is 0 Å². The first-order chi connectivity index (χ1) is 8.70. The number of nitrogens with zero attached hydrogens (tertiary/aromatic N) is 1. The molecule has 0 amide bonds. The first kappa shape index (κ1) is 13.4. The van der Waals surface area contributed by atoms with Crippen LogP contribution < -0.4 is 10.5 Å². The summed E-state index contributed by atoms with van der Waals surface area (Å²) in [6.07, 6.45) is 4.02. The van der Waals surface area contributed by atoms with E-state index in [2.05, 4.69) is 24.1 Å². The molecule has 100 valence electrons. The van der Waals surface area contributed by atoms with Gasteiger partial charge in [-0.05, 0) is 44.5 Å². The Morgan fingerprint density at radius 3 is 2.50 bits per heavy atom. The number of ether oxygens (including phenoxy) is 1. The van der Waals surface area contributed by atoms with E-state index >= 15 is 0 Å². The van der Waals surface area contributed by atoms with Gasteiger partial charge in [0.1, 0.15) is 5.75 Å². The topological polar surface area (TPSA) is 38.5 Å². The fraction of sp³-hybridized carbons (Fsp3) is 0.600. The second-order valence-corrected chi connectivity index (χ2v) is 5.13. The highest BCUT2D eigenvalue weighted by atomic mass is 16.5. The highest BCUT2D eigenvalue weighted by Crippen LogP contribution is 2.25. The molecule has 1 atom stereocenters. The van der Waals surface area contributed by atoms with Gasteiger partial charge < -0.3 is 15.4 Å². The molecule has 0 aromatic heterocycles. The van der Waals surface area contributed by atoms with E-state index < -0.39 is 0 Å². The van der Waals surface area contributed by atoms with Crippen molar-refractivity contribution >= 4 is 0 Å². The molecule has 0 bridgehead atoms. The van der Waals surface area contributed by atoms with Crippen molar-refractivity contribution in [3.05, 3.63) is 29.8 Å². The van der Waals surface area contributed by atoms with Gasteiger partial charge in [-0.3, -0.25) is 0 Å². The monoisotopic (exact) mass is 248 g/mol. The Bertz CT molecular complexity index is 359. The zero-order chi connectivity index (χ0) is 13.0. The van der Waals surface area contributed by atoms with Crippen LogP contribution in [-0.2, 0) is 0 Å². The highest BCUT2D eigenvalue weighted by molar-refractivity contribution is 5.29. The average Bonchev–Trinajstić information content (AvgIpc) is 2.27. The Balaban J connectivity index is 1.89. The molecule has 18 heavy (non-hydrogen) atoms. The molecule has 0 radical (unpaired) electrons. The SMILES string of the molecule is CCOc1ccc(C(N)CN(C)C2CCC2)cc1. The van der Waals surface area contributed by atoms with Crippen LogP contribution in [-0.4, -0.2) is 31.1 Å². The maximum absolute atomic E-state index is 6.25. The smallest absolute Gasteiger partial charge is 0.119 e. The molecule has 1 aliphatic carbocycles. The van der Waals surface area contributed by atoms with Crippen LogP contribution in [0.4, 0.5) is 0 Å². The van der Waals surface area contributed by atoms with Crippen molar-refractivity contribution in [1.29, 1.82) is 0 Å². The number of benzene rings is 1. The van der Waals surface area contributed by atoms with Gasteiger partial charge in [0.05, 0.1) is 6.61 Å². The predicted molar refractivity (Wildman–Crippen MR) is 74.8 cm³/mol. The highest BCUT2D eigenvalue weighted by Gasteiger charge is 2.23. The summed E-state index contributed by atoms with van der Waals surface area (Å²) in [5, 5.41) is 0. The van der Waals surface area contributed by atoms with Crippen molar-refractivity contribution in [2.75, 3.05) is 20.2 Å². The molecule has 1 fully saturated rings. The Morgan fingerprint density at radius 2 is 2.00 bits per heavy atom. The van der Waals surface area contributed by atoms with E-state index in [0.717, 1.165) is 18.3 Å². The number of likely N-dealkylation sites (N-methyl/N-ethyl adjacent to an activating group) is 1. The summed E-state index contributed by atoms with van der Waals surface area (Å²) in [5.74, 6) is 0.917. The Kier molecular flexibility index (Phi) is 4.61. The molecule has 1 aromatic carbocycles. The molecule has 2 N–H and O–H groups in total. The van der Waals surface area contributed by atoms with Crippen molar-refractivity contribution in [2.45, 2.75) is 38.3 Å². The largest absolute Gasteiger partial charge is 0.494 e. The maximum atomic E-state index is 6.25. The van der Waals surface area contributed by atoms with E-state index in [1.165, 1.54) is 24.8 Å². The van der Waals surface area contributed by atoms with E-state index in [4.69, 9.17) is 10.5 Å². The molecular formula is C15H24N2O. The van der Waals surface area contributed by atoms with E-state index in [1.54, 1.807) is 0 Å². The Morgan fingerprint density at radius 1 is 1.33 bits per heavy atom. The Labute approximate surface area is 110 Å². The normalized spacial score (nSPS) is 17.6. The molecule has 0 aliphatic heterocycles. The van der Waals surface area contributed by atoms with Crippen molar-refractivity contribution < 1.29 is 4.74 Å². The zero-order valence-corrected chi connectivity index (χ0v) is 11.4. The van der Waals surface area contributed by atoms with Crippen LogP contribution >= 0.6 is 0 Å². The number of hydrogen-bond acceptors (Lipinski definition) is 3. The van der Waals surface area contributed by atoms with Crippen molar-refractivity contribution in [3.8, 4) is 5.75 Å². The van der Waals surface area contributed by atoms with Crippen LogP contribution in [0.2, 0.25) is 0 Å². The fourth-order valence-corrected chi connectivity index (χ4v) is 2.37. The van der Waals surface area contributed by atoms with Crippen LogP contribution in [0, 0.1) is 0 Å². The third-order valence-electron chi connectivity index (χ3n) is 3.80. The van der Waals surface area contributed by atoms with Crippen LogP contribution in [0.5, 0.6) is 5.75 Å². The third-order valence-corrected chi connectivity index (χ3v) is 3.80. The number of rotatable bonds is 6. The second-order valence-electron chi connectivity index (χ2n) is 5.13. The summed E-state index contributed by atoms with van der Waals surface area (Å²) in [5.41, 5.74) is 7.44. The summed E-state index contributed by atoms with van der Waals surface area (Å²) in [6.45, 7) is 3.63. The van der Waals surface area contributed by atoms with Crippen LogP contribution in [0.3, 0.4) is 0 Å². The van der Waals surface area contributed by atoms with Crippen LogP contribution in [0.1, 0.15) is 37.8 Å². The van der Waals surface area contributed by atoms with Gasteiger partial charge in [-0.1, -0.05) is 18.6 Å². The lowest BCUT2D eigenvalue weighted by Gasteiger charge is -2.36. The minimum Gasteiger partial charge on any atom is -0.494 e. The summed E-state index contributed by atoms with van der Waals surface area (Å²) >= 11 is 0. The molecule has 3 heteroatoms. The lowest BCUT2D eigenvalue weighted by atomic mass is 9.91. The first-order valence-electron chi connectivity index (χ1n) is 6.89. The summed E-state index contributed by atoms with van der Waals surface area (Å²) in [7, 11) is 2.18. The van der Waals surface area contributed by atoms with Gasteiger partial charge in [0, 0.05) is 18.6 Å². The molecular weight excluding hydrogens is 224 g/mol. The minimum absolute atomic E-state index is 0.0891. The van der Waals surface area contributed by atoms with E-state index in [0.29, 0.717) is 6.61 Å². The van der Waals surface area contributed by atoms with Crippen molar-refractivity contribution in [2.24, 2.45) is 5.73 Å². The zero-order valence-electron chi connectivity index (χ0n) is 11.4. The molecule has 1 unspecified atom stereocenters. The van der Waals surface area contributed by atoms with Crippen molar-refractivity contribution in [3.63, 3.8) is 0 Å². The van der Waals surface area contributed by atoms with Crippen LogP contribution in [0.15, 0.2) is 24.3 Å². The van der Waals surface area contributed by atoms with E-state index in [9.17, 15) is 0 Å². The van der Waals surface area contributed by atoms with Gasteiger partial charge in [-0.25, -0.2) is 0 Å². The molecule has 3 nitrogen and oxygen atoms in total. The van der Waals surface area contributed by atoms with Gasteiger partial charge in [-0.2, -0.15) is 0 Å². The van der Waals surface area contributed by atoms with E-state index in [1.807, 2.05) is 19.1 Å². The van der Waals surface area contributed by atoms with Crippen LogP contribution in [0.25, 0.3) is 0 Å².